The van der Waals surface area contributed by atoms with Gasteiger partial charge in [0, 0.05) is 10.6 Å². The average molecular weight is 266 g/mol. The number of carbonyl (C=O) groups is 1. The highest BCUT2D eigenvalue weighted by Crippen LogP contribution is 2.37. The lowest BCUT2D eigenvalue weighted by molar-refractivity contribution is -0.104. The molecule has 0 aromatic heterocycles. The average Bonchev–Trinajstić information content (AvgIpc) is 2.26. The van der Waals surface area contributed by atoms with E-state index < -0.39 is 30.5 Å². The Labute approximate surface area is 99.5 Å². The number of hydrogen-bond donors (Lipinski definition) is 1. The van der Waals surface area contributed by atoms with Gasteiger partial charge in [-0.1, -0.05) is 11.6 Å². The van der Waals surface area contributed by atoms with Gasteiger partial charge in [-0.15, -0.1) is 0 Å². The van der Waals surface area contributed by atoms with Gasteiger partial charge in [0.1, 0.15) is 11.9 Å². The van der Waals surface area contributed by atoms with Crippen LogP contribution in [-0.4, -0.2) is 18.6 Å². The molecule has 0 spiro atoms. The van der Waals surface area contributed by atoms with E-state index in [1.165, 1.54) is 0 Å². The molecule has 1 heterocycles. The van der Waals surface area contributed by atoms with Gasteiger partial charge in [0.15, 0.2) is 6.61 Å². The van der Waals surface area contributed by atoms with Crippen molar-refractivity contribution in [1.29, 1.82) is 0 Å². The Morgan fingerprint density at radius 1 is 1.47 bits per heavy atom. The van der Waals surface area contributed by atoms with E-state index in [1.807, 2.05) is 5.32 Å². The number of alkyl carbamates (subject to hydrolysis) is 1. The predicted octanol–water partition coefficient (Wildman–Crippen LogP) is 2.90. The Bertz CT molecular complexity index is 467. The first-order valence-electron chi connectivity index (χ1n) is 4.66. The van der Waals surface area contributed by atoms with E-state index in [-0.39, 0.29) is 10.6 Å². The molecule has 92 valence electrons. The quantitative estimate of drug-likeness (QED) is 0.848. The van der Waals surface area contributed by atoms with E-state index in [2.05, 4.69) is 4.74 Å². The number of nitrogens with one attached hydrogen (secondary N) is 1. The van der Waals surface area contributed by atoms with Crippen LogP contribution in [0.5, 0.6) is 0 Å². The van der Waals surface area contributed by atoms with E-state index in [0.29, 0.717) is 0 Å². The minimum Gasteiger partial charge on any atom is -0.443 e. The van der Waals surface area contributed by atoms with Crippen molar-refractivity contribution in [2.24, 2.45) is 0 Å². The van der Waals surface area contributed by atoms with Gasteiger partial charge >= 0.3 is 12.0 Å². The maximum Gasteiger partial charge on any atom is 0.408 e. The predicted molar refractivity (Wildman–Crippen MR) is 53.6 cm³/mol. The van der Waals surface area contributed by atoms with Crippen molar-refractivity contribution >= 4 is 17.7 Å². The molecule has 1 atom stereocenters. The summed E-state index contributed by atoms with van der Waals surface area (Å²) in [6, 6.07) is 1.38. The summed E-state index contributed by atoms with van der Waals surface area (Å²) in [6.07, 6.45) is -0.985. The second-order valence-electron chi connectivity index (χ2n) is 3.58. The molecule has 0 saturated carbocycles. The Balaban J connectivity index is 2.42. The third-order valence-electron chi connectivity index (χ3n) is 2.35. The molecule has 0 radical (unpaired) electrons. The highest BCUT2D eigenvalue weighted by Gasteiger charge is 2.47. The molecule has 0 bridgehead atoms. The first-order chi connectivity index (χ1) is 7.90. The molecule has 1 fully saturated rings. The first-order valence-corrected chi connectivity index (χ1v) is 5.04. The number of amides is 1. The van der Waals surface area contributed by atoms with Crippen LogP contribution in [0.2, 0.25) is 5.02 Å². The number of rotatable bonds is 1. The van der Waals surface area contributed by atoms with Gasteiger partial charge in [-0.3, -0.25) is 0 Å². The van der Waals surface area contributed by atoms with Gasteiger partial charge in [0.05, 0.1) is 0 Å². The number of hydrogen-bond acceptors (Lipinski definition) is 2. The van der Waals surface area contributed by atoms with Gasteiger partial charge in [-0.25, -0.2) is 18.0 Å². The lowest BCUT2D eigenvalue weighted by Gasteiger charge is -2.32. The third kappa shape index (κ3) is 2.31. The number of alkyl halides is 2. The second kappa shape index (κ2) is 4.10. The molecule has 1 aliphatic rings. The van der Waals surface area contributed by atoms with Crippen molar-refractivity contribution in [2.75, 3.05) is 6.61 Å². The number of ether oxygens (including phenoxy) is 1. The summed E-state index contributed by atoms with van der Waals surface area (Å²) < 4.78 is 44.2. The van der Waals surface area contributed by atoms with E-state index in [9.17, 15) is 18.0 Å². The molecule has 17 heavy (non-hydrogen) atoms. The van der Waals surface area contributed by atoms with Crippen LogP contribution >= 0.6 is 11.6 Å². The van der Waals surface area contributed by atoms with Crippen LogP contribution < -0.4 is 5.32 Å². The standard InChI is InChI=1S/C10H7ClF3NO2/c11-7-2-1-5(12)3-6(7)8-10(13,14)4-17-9(16)15-8/h1-3,8H,4H2,(H,15,16)/t8-/m1/s1. The second-order valence-corrected chi connectivity index (χ2v) is 3.99. The minimum atomic E-state index is -3.34. The Kier molecular flexibility index (Phi) is 2.91. The van der Waals surface area contributed by atoms with E-state index in [0.717, 1.165) is 18.2 Å². The molecule has 7 heteroatoms. The zero-order valence-corrected chi connectivity index (χ0v) is 9.10. The van der Waals surface area contributed by atoms with Gasteiger partial charge < -0.3 is 10.1 Å². The molecule has 1 amide bonds. The SMILES string of the molecule is O=C1N[C@H](c2cc(F)ccc2Cl)C(F)(F)CO1. The van der Waals surface area contributed by atoms with E-state index in [1.54, 1.807) is 0 Å². The maximum absolute atomic E-state index is 13.5. The van der Waals surface area contributed by atoms with E-state index in [4.69, 9.17) is 11.6 Å². The molecule has 1 aromatic rings. The molecule has 2 rings (SSSR count). The monoisotopic (exact) mass is 265 g/mol. The molecule has 1 N–H and O–H groups in total. The number of cyclic esters (lactones) is 1. The fourth-order valence-corrected chi connectivity index (χ4v) is 1.78. The Morgan fingerprint density at radius 2 is 2.18 bits per heavy atom. The van der Waals surface area contributed by atoms with Crippen molar-refractivity contribution in [3.8, 4) is 0 Å². The van der Waals surface area contributed by atoms with Crippen molar-refractivity contribution in [3.05, 3.63) is 34.6 Å². The Hall–Kier alpha value is -1.43. The normalized spacial score (nSPS) is 22.8. The smallest absolute Gasteiger partial charge is 0.408 e. The molecule has 0 unspecified atom stereocenters. The van der Waals surface area contributed by atoms with Gasteiger partial charge in [-0.05, 0) is 18.2 Å². The van der Waals surface area contributed by atoms with Gasteiger partial charge in [0.2, 0.25) is 0 Å². The van der Waals surface area contributed by atoms with Crippen molar-refractivity contribution < 1.29 is 22.7 Å². The van der Waals surface area contributed by atoms with Crippen LogP contribution in [0.1, 0.15) is 11.6 Å². The molecule has 1 aliphatic heterocycles. The zero-order chi connectivity index (χ0) is 12.6. The number of halogens is 4. The number of benzene rings is 1. The summed E-state index contributed by atoms with van der Waals surface area (Å²) in [5.74, 6) is -4.05. The fourth-order valence-electron chi connectivity index (χ4n) is 1.55. The van der Waals surface area contributed by atoms with Crippen LogP contribution in [0.4, 0.5) is 18.0 Å². The minimum absolute atomic E-state index is 0.0433. The molecule has 1 aromatic carbocycles. The summed E-state index contributed by atoms with van der Waals surface area (Å²) >= 11 is 5.71. The third-order valence-corrected chi connectivity index (χ3v) is 2.69. The summed E-state index contributed by atoms with van der Waals surface area (Å²) in [4.78, 5) is 10.9. The van der Waals surface area contributed by atoms with Crippen LogP contribution in [-0.2, 0) is 4.74 Å². The van der Waals surface area contributed by atoms with Gasteiger partial charge in [0.25, 0.3) is 0 Å². The maximum atomic E-state index is 13.5. The summed E-state index contributed by atoms with van der Waals surface area (Å²) in [6.45, 7) is -1.06. The van der Waals surface area contributed by atoms with Crippen LogP contribution in [0.25, 0.3) is 0 Å². The molecule has 0 aliphatic carbocycles. The van der Waals surface area contributed by atoms with Crippen molar-refractivity contribution in [3.63, 3.8) is 0 Å². The molecule has 1 saturated heterocycles. The lowest BCUT2D eigenvalue weighted by Crippen LogP contribution is -2.49. The molecular weight excluding hydrogens is 259 g/mol. The summed E-state index contributed by atoms with van der Waals surface area (Å²) in [5, 5.41) is 1.89. The molecular formula is C10H7ClF3NO2. The topological polar surface area (TPSA) is 38.3 Å². The van der Waals surface area contributed by atoms with Crippen LogP contribution in [0.3, 0.4) is 0 Å². The van der Waals surface area contributed by atoms with Crippen molar-refractivity contribution in [2.45, 2.75) is 12.0 Å². The largest absolute Gasteiger partial charge is 0.443 e. The van der Waals surface area contributed by atoms with E-state index >= 15 is 0 Å². The highest BCUT2D eigenvalue weighted by atomic mass is 35.5. The van der Waals surface area contributed by atoms with Crippen molar-refractivity contribution in [1.82, 2.24) is 5.32 Å². The Morgan fingerprint density at radius 3 is 2.88 bits per heavy atom. The summed E-state index contributed by atoms with van der Waals surface area (Å²) in [7, 11) is 0. The highest BCUT2D eigenvalue weighted by molar-refractivity contribution is 6.31. The van der Waals surface area contributed by atoms with Gasteiger partial charge in [-0.2, -0.15) is 0 Å². The lowest BCUT2D eigenvalue weighted by atomic mass is 10.00. The van der Waals surface area contributed by atoms with Crippen LogP contribution in [0, 0.1) is 5.82 Å². The first kappa shape index (κ1) is 12.0. The van der Waals surface area contributed by atoms with Crippen LogP contribution in [0.15, 0.2) is 18.2 Å². The molecule has 3 nitrogen and oxygen atoms in total. The number of carbonyl (C=O) groups excluding carboxylic acids is 1. The zero-order valence-electron chi connectivity index (χ0n) is 8.34. The summed E-state index contributed by atoms with van der Waals surface area (Å²) in [5.41, 5.74) is -0.173. The fraction of sp³-hybridized carbons (Fsp3) is 0.300.